The van der Waals surface area contributed by atoms with Gasteiger partial charge in [0, 0.05) is 37.1 Å². The number of piperidine rings is 1. The highest BCUT2D eigenvalue weighted by atomic mass is 35.5. The number of nitrogens with two attached hydrogens (primary N) is 2. The molecule has 0 unspecified atom stereocenters. The maximum Gasteiger partial charge on any atom is 0.312 e. The number of anilines is 2. The maximum atomic E-state index is 14.0. The zero-order chi connectivity index (χ0) is 49.2. The molecule has 0 aliphatic carbocycles. The molecule has 2 aliphatic heterocycles. The highest BCUT2D eigenvalue weighted by Gasteiger charge is 2.36. The van der Waals surface area contributed by atoms with Crippen LogP contribution in [0.3, 0.4) is 0 Å². The molecule has 2 saturated heterocycles. The second-order valence-corrected chi connectivity index (χ2v) is 19.6. The van der Waals surface area contributed by atoms with E-state index in [2.05, 4.69) is 48.7 Å². The van der Waals surface area contributed by atoms with Crippen LogP contribution in [0, 0.1) is 19.8 Å². The van der Waals surface area contributed by atoms with Crippen LogP contribution in [-0.4, -0.2) is 88.3 Å². The van der Waals surface area contributed by atoms with E-state index >= 15 is 0 Å². The number of rotatable bonds is 18. The van der Waals surface area contributed by atoms with Gasteiger partial charge in [0.25, 0.3) is 0 Å². The van der Waals surface area contributed by atoms with Crippen LogP contribution < -0.4 is 42.8 Å². The number of nitrogen functional groups attached to an aromatic ring is 2. The van der Waals surface area contributed by atoms with E-state index in [1.165, 1.54) is 11.3 Å². The van der Waals surface area contributed by atoms with Gasteiger partial charge in [-0.1, -0.05) is 78.3 Å². The fourth-order valence-electron chi connectivity index (χ4n) is 9.01. The first-order valence-electron chi connectivity index (χ1n) is 23.3. The lowest BCUT2D eigenvalue weighted by atomic mass is 9.84. The van der Waals surface area contributed by atoms with Crippen molar-refractivity contribution in [1.29, 1.82) is 0 Å². The van der Waals surface area contributed by atoms with E-state index in [4.69, 9.17) is 27.8 Å². The molecular formula is C51H61ClN10O6S. The Labute approximate surface area is 411 Å². The number of benzene rings is 2. The monoisotopic (exact) mass is 976 g/mol. The standard InChI is InChI=1S/C51H61ClN10O6S/c1-29-37(14-16-44(53)58-29)27-56-48(64)31(3)60-50(66)40-23-33(26-55-40)22-36-12-8-9-13-39(36)47-42(25-43(52)69-47)68-46(63)19-21-62-20-18-35(34-10-6-5-7-11-34)24-41(62)51(67)61-32(4)49(65)57-28-38-15-17-45(54)59-30(38)2/h5-17,25,31-33,35,40-41,55H,18-24,26-28H2,1-4H3,(H2,53,58)(H2,54,59)(H,56,64)(H,57,65)(H,60,66)(H,61,67)/t31-,32-,33-,35-,40+,41+/m0/s1. The van der Waals surface area contributed by atoms with Crippen LogP contribution in [0.15, 0.2) is 84.9 Å². The zero-order valence-corrected chi connectivity index (χ0v) is 40.9. The van der Waals surface area contributed by atoms with Gasteiger partial charge in [-0.2, -0.15) is 0 Å². The first-order valence-corrected chi connectivity index (χ1v) is 24.5. The number of thiophene rings is 1. The number of aromatic nitrogens is 2. The Bertz CT molecular complexity index is 2650. The molecule has 5 aromatic rings. The summed E-state index contributed by atoms with van der Waals surface area (Å²) in [5.74, 6) is -0.272. The average molecular weight is 978 g/mol. The van der Waals surface area contributed by atoms with Crippen molar-refractivity contribution in [3.05, 3.63) is 123 Å². The van der Waals surface area contributed by atoms with E-state index in [1.54, 1.807) is 32.0 Å². The van der Waals surface area contributed by atoms with Crippen molar-refractivity contribution in [3.8, 4) is 16.2 Å². The number of hydrogen-bond acceptors (Lipinski definition) is 13. The van der Waals surface area contributed by atoms with Crippen LogP contribution in [0.5, 0.6) is 5.75 Å². The van der Waals surface area contributed by atoms with Gasteiger partial charge in [-0.3, -0.25) is 28.9 Å². The second-order valence-electron chi connectivity index (χ2n) is 17.9. The van der Waals surface area contributed by atoms with Gasteiger partial charge in [0.15, 0.2) is 5.75 Å². The predicted octanol–water partition coefficient (Wildman–Crippen LogP) is 5.35. The smallest absolute Gasteiger partial charge is 0.312 e. The van der Waals surface area contributed by atoms with Crippen molar-refractivity contribution in [3.63, 3.8) is 0 Å². The average Bonchev–Trinajstić information content (AvgIpc) is 3.96. The summed E-state index contributed by atoms with van der Waals surface area (Å²) >= 11 is 7.91. The maximum absolute atomic E-state index is 14.0. The van der Waals surface area contributed by atoms with E-state index < -0.39 is 30.1 Å². The van der Waals surface area contributed by atoms with Crippen LogP contribution in [0.25, 0.3) is 10.4 Å². The number of pyridine rings is 2. The van der Waals surface area contributed by atoms with Crippen LogP contribution >= 0.6 is 22.9 Å². The van der Waals surface area contributed by atoms with Crippen molar-refractivity contribution in [2.24, 2.45) is 5.92 Å². The summed E-state index contributed by atoms with van der Waals surface area (Å²) in [4.78, 5) is 78.3. The topological polar surface area (TPSA) is 236 Å². The quantitative estimate of drug-likeness (QED) is 0.0551. The molecule has 2 fully saturated rings. The fourth-order valence-corrected chi connectivity index (χ4v) is 10.2. The van der Waals surface area contributed by atoms with Gasteiger partial charge in [-0.25, -0.2) is 9.97 Å². The third-order valence-electron chi connectivity index (χ3n) is 12.9. The highest BCUT2D eigenvalue weighted by molar-refractivity contribution is 7.19. The minimum absolute atomic E-state index is 0.0105. The molecule has 9 N–H and O–H groups in total. The number of carbonyl (C=O) groups excluding carboxylic acids is 5. The third kappa shape index (κ3) is 13.4. The summed E-state index contributed by atoms with van der Waals surface area (Å²) in [6.07, 6.45) is 2.52. The summed E-state index contributed by atoms with van der Waals surface area (Å²) in [6, 6.07) is 24.0. The molecule has 2 aliphatic rings. The van der Waals surface area contributed by atoms with Gasteiger partial charge in [0.1, 0.15) is 23.7 Å². The third-order valence-corrected chi connectivity index (χ3v) is 14.2. The summed E-state index contributed by atoms with van der Waals surface area (Å²) < 4.78 is 6.50. The molecule has 2 aromatic carbocycles. The number of amides is 4. The predicted molar refractivity (Wildman–Crippen MR) is 268 cm³/mol. The number of carbonyl (C=O) groups is 5. The lowest BCUT2D eigenvalue weighted by Crippen LogP contribution is -2.55. The molecule has 4 amide bonds. The number of halogens is 1. The van der Waals surface area contributed by atoms with Gasteiger partial charge in [0.05, 0.1) is 27.7 Å². The first kappa shape index (κ1) is 50.5. The summed E-state index contributed by atoms with van der Waals surface area (Å²) in [7, 11) is 0. The van der Waals surface area contributed by atoms with Crippen molar-refractivity contribution >= 4 is 64.2 Å². The lowest BCUT2D eigenvalue weighted by molar-refractivity contribution is -0.136. The van der Waals surface area contributed by atoms with Gasteiger partial charge >= 0.3 is 5.97 Å². The van der Waals surface area contributed by atoms with Gasteiger partial charge in [-0.15, -0.1) is 11.3 Å². The largest absolute Gasteiger partial charge is 0.425 e. The van der Waals surface area contributed by atoms with Gasteiger partial charge in [-0.05, 0) is 118 Å². The SMILES string of the molecule is Cc1nc(N)ccc1CNC(=O)[C@H](C)NC(=O)[C@H]1C[C@@H](c2ccccc2)CCN1CCC(=O)Oc1cc(Cl)sc1-c1ccccc1C[C@@H]1CN[C@@H](C(=O)N[C@@H](C)C(=O)NCc2ccc(N)nc2C)C1. The molecule has 6 atom stereocenters. The molecule has 0 saturated carbocycles. The van der Waals surface area contributed by atoms with Crippen LogP contribution in [0.1, 0.15) is 79.1 Å². The number of hydrogen-bond donors (Lipinski definition) is 7. The van der Waals surface area contributed by atoms with Crippen molar-refractivity contribution in [2.75, 3.05) is 31.1 Å². The molecule has 0 spiro atoms. The Morgan fingerprint density at radius 3 is 2.06 bits per heavy atom. The summed E-state index contributed by atoms with van der Waals surface area (Å²) in [5.41, 5.74) is 17.7. The minimum atomic E-state index is -0.817. The normalized spacial score (nSPS) is 19.0. The molecule has 16 nitrogen and oxygen atoms in total. The van der Waals surface area contributed by atoms with E-state index in [9.17, 15) is 24.0 Å². The molecular weight excluding hydrogens is 916 g/mol. The van der Waals surface area contributed by atoms with Crippen LogP contribution in [-0.2, 0) is 43.5 Å². The number of nitrogens with one attached hydrogen (secondary N) is 5. The molecule has 5 heterocycles. The molecule has 18 heteroatoms. The Balaban J connectivity index is 0.940. The van der Waals surface area contributed by atoms with Crippen molar-refractivity contribution in [2.45, 2.75) is 103 Å². The van der Waals surface area contributed by atoms with E-state index in [0.29, 0.717) is 64.6 Å². The number of likely N-dealkylation sites (tertiary alicyclic amines) is 1. The second kappa shape index (κ2) is 23.3. The molecule has 364 valence electrons. The lowest BCUT2D eigenvalue weighted by Gasteiger charge is -2.39. The summed E-state index contributed by atoms with van der Waals surface area (Å²) in [5, 5.41) is 14.9. The van der Waals surface area contributed by atoms with Crippen LogP contribution in [0.2, 0.25) is 4.34 Å². The number of nitrogens with zero attached hydrogens (tertiary/aromatic N) is 3. The Kier molecular flexibility index (Phi) is 17.0. The van der Waals surface area contributed by atoms with Crippen molar-refractivity contribution in [1.82, 2.24) is 41.5 Å². The number of ether oxygens (including phenoxy) is 1. The van der Waals surface area contributed by atoms with E-state index in [0.717, 1.165) is 39.9 Å². The molecule has 3 aromatic heterocycles. The molecule has 0 bridgehead atoms. The minimum Gasteiger partial charge on any atom is -0.425 e. The molecule has 0 radical (unpaired) electrons. The number of aryl methyl sites for hydroxylation is 2. The first-order chi connectivity index (χ1) is 33.1. The molecule has 7 rings (SSSR count). The summed E-state index contributed by atoms with van der Waals surface area (Å²) in [6.45, 7) is 8.88. The molecule has 69 heavy (non-hydrogen) atoms. The van der Waals surface area contributed by atoms with Gasteiger partial charge < -0.3 is 42.8 Å². The van der Waals surface area contributed by atoms with Gasteiger partial charge in [0.2, 0.25) is 23.6 Å². The van der Waals surface area contributed by atoms with Crippen molar-refractivity contribution < 1.29 is 28.7 Å². The highest BCUT2D eigenvalue weighted by Crippen LogP contribution is 2.43. The Morgan fingerprint density at radius 1 is 0.812 bits per heavy atom. The Morgan fingerprint density at radius 2 is 1.42 bits per heavy atom. The Hall–Kier alpha value is -6.40. The van der Waals surface area contributed by atoms with E-state index in [-0.39, 0.29) is 61.5 Å². The van der Waals surface area contributed by atoms with Crippen LogP contribution in [0.4, 0.5) is 11.6 Å². The van der Waals surface area contributed by atoms with E-state index in [1.807, 2.05) is 73.3 Å². The zero-order valence-electron chi connectivity index (χ0n) is 39.4. The fraction of sp³-hybridized carbons (Fsp3) is 0.392. The number of esters is 1.